The molecular weight excluding hydrogens is 458 g/mol. The molecule has 3 rings (SSSR count). The fourth-order valence-electron chi connectivity index (χ4n) is 3.48. The van der Waals surface area contributed by atoms with E-state index in [2.05, 4.69) is 10.00 Å². The molecule has 1 heterocycles. The molecule has 0 fully saturated rings. The molecule has 180 valence electrons. The normalized spacial score (nSPS) is 11.8. The van der Waals surface area contributed by atoms with Crippen molar-refractivity contribution in [2.75, 3.05) is 25.6 Å². The van der Waals surface area contributed by atoms with Crippen molar-refractivity contribution in [3.05, 3.63) is 78.1 Å². The highest BCUT2D eigenvalue weighted by molar-refractivity contribution is 6.18. The summed E-state index contributed by atoms with van der Waals surface area (Å²) in [6.07, 6.45) is 3.62. The molecule has 34 heavy (non-hydrogen) atoms. The van der Waals surface area contributed by atoms with Gasteiger partial charge in [0.15, 0.2) is 13.2 Å². The monoisotopic (exact) mass is 485 g/mol. The number of benzene rings is 2. The van der Waals surface area contributed by atoms with Crippen LogP contribution in [0.25, 0.3) is 0 Å². The minimum Gasteiger partial charge on any atom is -0.484 e. The van der Waals surface area contributed by atoms with Crippen molar-refractivity contribution < 1.29 is 19.1 Å². The Hall–Kier alpha value is -3.56. The second kappa shape index (κ2) is 12.6. The molecule has 0 aliphatic carbocycles. The first-order valence-corrected chi connectivity index (χ1v) is 11.2. The van der Waals surface area contributed by atoms with Crippen LogP contribution in [0, 0.1) is 0 Å². The maximum Gasteiger partial charge on any atom is 0.255 e. The lowest BCUT2D eigenvalue weighted by atomic mass is 10.1. The number of hydrogen-bond acceptors (Lipinski definition) is 6. The van der Waals surface area contributed by atoms with Crippen molar-refractivity contribution in [3.63, 3.8) is 0 Å². The van der Waals surface area contributed by atoms with Crippen molar-refractivity contribution in [2.45, 2.75) is 19.1 Å². The number of carbonyl (C=O) groups excluding carboxylic acids is 2. The van der Waals surface area contributed by atoms with Crippen molar-refractivity contribution in [3.8, 4) is 11.5 Å². The third-order valence-corrected chi connectivity index (χ3v) is 5.27. The summed E-state index contributed by atoms with van der Waals surface area (Å²) in [5.74, 6) is 0.462. The zero-order valence-electron chi connectivity index (χ0n) is 18.7. The molecule has 0 bridgehead atoms. The van der Waals surface area contributed by atoms with E-state index in [9.17, 15) is 9.59 Å². The van der Waals surface area contributed by atoms with Crippen LogP contribution in [0.2, 0.25) is 0 Å². The minimum atomic E-state index is -0.533. The molecule has 1 aromatic heterocycles. The zero-order valence-corrected chi connectivity index (χ0v) is 19.4. The number of alkyl halides is 1. The van der Waals surface area contributed by atoms with E-state index in [1.807, 2.05) is 53.3 Å². The lowest BCUT2D eigenvalue weighted by Crippen LogP contribution is -2.31. The van der Waals surface area contributed by atoms with Gasteiger partial charge in [-0.2, -0.15) is 5.10 Å². The minimum absolute atomic E-state index is 0.0414. The summed E-state index contributed by atoms with van der Waals surface area (Å²) in [7, 11) is 0. The maximum atomic E-state index is 11.0. The molecular formula is C24H28ClN5O4. The largest absolute Gasteiger partial charge is 0.484 e. The van der Waals surface area contributed by atoms with Gasteiger partial charge in [0.25, 0.3) is 11.8 Å². The quantitative estimate of drug-likeness (QED) is 0.337. The van der Waals surface area contributed by atoms with Gasteiger partial charge < -0.3 is 20.9 Å². The summed E-state index contributed by atoms with van der Waals surface area (Å²) >= 11 is 6.29. The van der Waals surface area contributed by atoms with E-state index in [-0.39, 0.29) is 19.3 Å². The van der Waals surface area contributed by atoms with Gasteiger partial charge in [-0.15, -0.1) is 11.6 Å². The first-order chi connectivity index (χ1) is 16.4. The van der Waals surface area contributed by atoms with Gasteiger partial charge in [-0.1, -0.05) is 24.3 Å². The Labute approximate surface area is 203 Å². The number of carbonyl (C=O) groups is 2. The smallest absolute Gasteiger partial charge is 0.255 e. The molecule has 0 radical (unpaired) electrons. The van der Waals surface area contributed by atoms with Crippen molar-refractivity contribution in [1.29, 1.82) is 0 Å². The van der Waals surface area contributed by atoms with Gasteiger partial charge in [0, 0.05) is 37.9 Å². The van der Waals surface area contributed by atoms with Crippen LogP contribution in [-0.2, 0) is 22.7 Å². The molecule has 0 saturated heterocycles. The third-order valence-electron chi connectivity index (χ3n) is 4.92. The zero-order chi connectivity index (χ0) is 24.3. The summed E-state index contributed by atoms with van der Waals surface area (Å²) < 4.78 is 12.7. The molecule has 2 amide bonds. The van der Waals surface area contributed by atoms with Crippen LogP contribution in [0.15, 0.2) is 67.0 Å². The Morgan fingerprint density at radius 2 is 1.50 bits per heavy atom. The number of nitrogens with two attached hydrogens (primary N) is 2. The number of halogens is 1. The summed E-state index contributed by atoms with van der Waals surface area (Å²) in [5.41, 5.74) is 12.4. The fraction of sp³-hybridized carbons (Fsp3) is 0.292. The van der Waals surface area contributed by atoms with Gasteiger partial charge in [-0.05, 0) is 41.5 Å². The molecule has 0 saturated carbocycles. The predicted octanol–water partition coefficient (Wildman–Crippen LogP) is 2.09. The number of amides is 2. The lowest BCUT2D eigenvalue weighted by molar-refractivity contribution is -0.120. The van der Waals surface area contributed by atoms with Crippen LogP contribution in [-0.4, -0.2) is 52.1 Å². The highest BCUT2D eigenvalue weighted by Crippen LogP contribution is 2.21. The fourth-order valence-corrected chi connectivity index (χ4v) is 3.71. The van der Waals surface area contributed by atoms with Crippen LogP contribution in [0.4, 0.5) is 0 Å². The average Bonchev–Trinajstić information content (AvgIpc) is 3.35. The maximum absolute atomic E-state index is 11.0. The van der Waals surface area contributed by atoms with Gasteiger partial charge in [-0.3, -0.25) is 19.2 Å². The number of hydrogen-bond donors (Lipinski definition) is 2. The van der Waals surface area contributed by atoms with Crippen molar-refractivity contribution >= 4 is 23.4 Å². The Kier molecular flexibility index (Phi) is 9.30. The van der Waals surface area contributed by atoms with E-state index in [4.69, 9.17) is 32.5 Å². The van der Waals surface area contributed by atoms with Crippen molar-refractivity contribution in [2.24, 2.45) is 11.5 Å². The van der Waals surface area contributed by atoms with Crippen LogP contribution < -0.4 is 20.9 Å². The first kappa shape index (κ1) is 25.1. The van der Waals surface area contributed by atoms with Crippen molar-refractivity contribution in [1.82, 2.24) is 14.7 Å². The molecule has 0 aliphatic rings. The highest BCUT2D eigenvalue weighted by Gasteiger charge is 2.17. The Bertz CT molecular complexity index is 1010. The number of aromatic nitrogens is 2. The Balaban J connectivity index is 1.78. The Morgan fingerprint density at radius 3 is 1.94 bits per heavy atom. The molecule has 3 aromatic rings. The molecule has 0 unspecified atom stereocenters. The van der Waals surface area contributed by atoms with E-state index >= 15 is 0 Å². The summed E-state index contributed by atoms with van der Waals surface area (Å²) in [4.78, 5) is 24.3. The second-order valence-corrected chi connectivity index (χ2v) is 8.08. The van der Waals surface area contributed by atoms with Crippen LogP contribution in [0.3, 0.4) is 0 Å². The highest BCUT2D eigenvalue weighted by atomic mass is 35.5. The summed E-state index contributed by atoms with van der Waals surface area (Å²) in [6.45, 7) is 1.45. The molecule has 0 aliphatic heterocycles. The van der Waals surface area contributed by atoms with Gasteiger partial charge in [-0.25, -0.2) is 0 Å². The van der Waals surface area contributed by atoms with Gasteiger partial charge in [0.1, 0.15) is 11.5 Å². The molecule has 2 aromatic carbocycles. The first-order valence-electron chi connectivity index (χ1n) is 10.7. The number of primary amides is 2. The third kappa shape index (κ3) is 8.09. The molecule has 10 heteroatoms. The molecule has 9 nitrogen and oxygen atoms in total. The van der Waals surface area contributed by atoms with Gasteiger partial charge in [0.2, 0.25) is 0 Å². The predicted molar refractivity (Wildman–Crippen MR) is 128 cm³/mol. The number of ether oxygens (including phenoxy) is 2. The summed E-state index contributed by atoms with van der Waals surface area (Å²) in [5, 5.41) is 4.34. The van der Waals surface area contributed by atoms with E-state index < -0.39 is 11.8 Å². The standard InChI is InChI=1S/C24H28ClN5O4/c25-12-20(30-9-3-8-28-30)15-29(13-18-4-1-6-21(10-18)33-16-23(26)31)14-19-5-2-7-22(11-19)34-17-24(27)32/h1-11,20H,12-17H2,(H2,26,31)(H2,27,32)/t20-/m0/s1. The number of nitrogens with zero attached hydrogens (tertiary/aromatic N) is 3. The SMILES string of the molecule is NC(=O)COc1cccc(CN(Cc2cccc(OCC(N)=O)c2)C[C@H](CCl)n2cccn2)c1. The van der Waals surface area contributed by atoms with E-state index in [0.717, 1.165) is 11.1 Å². The number of rotatable bonds is 14. The van der Waals surface area contributed by atoms with Gasteiger partial charge >= 0.3 is 0 Å². The van der Waals surface area contributed by atoms with Crippen LogP contribution in [0.5, 0.6) is 11.5 Å². The molecule has 0 spiro atoms. The lowest BCUT2D eigenvalue weighted by Gasteiger charge is -2.27. The molecule has 1 atom stereocenters. The van der Waals surface area contributed by atoms with Crippen LogP contribution in [0.1, 0.15) is 17.2 Å². The Morgan fingerprint density at radius 1 is 0.941 bits per heavy atom. The average molecular weight is 486 g/mol. The topological polar surface area (TPSA) is 126 Å². The van der Waals surface area contributed by atoms with E-state index in [1.54, 1.807) is 18.3 Å². The van der Waals surface area contributed by atoms with E-state index in [0.29, 0.717) is 37.0 Å². The van der Waals surface area contributed by atoms with E-state index in [1.165, 1.54) is 0 Å². The van der Waals surface area contributed by atoms with Crippen LogP contribution >= 0.6 is 11.6 Å². The molecule has 4 N–H and O–H groups in total. The summed E-state index contributed by atoms with van der Waals surface area (Å²) in [6, 6.07) is 16.9. The second-order valence-electron chi connectivity index (χ2n) is 7.77. The van der Waals surface area contributed by atoms with Gasteiger partial charge in [0.05, 0.1) is 6.04 Å².